The van der Waals surface area contributed by atoms with E-state index in [0.29, 0.717) is 11.7 Å². The second kappa shape index (κ2) is 5.28. The van der Waals surface area contributed by atoms with Gasteiger partial charge in [-0.05, 0) is 18.8 Å². The number of rotatable bonds is 5. The van der Waals surface area contributed by atoms with Crippen molar-refractivity contribution in [3.05, 3.63) is 0 Å². The van der Waals surface area contributed by atoms with Gasteiger partial charge in [-0.3, -0.25) is 9.79 Å². The Bertz CT molecular complexity index is 228. The first-order valence-corrected chi connectivity index (χ1v) is 5.78. The molecule has 80 valence electrons. The summed E-state index contributed by atoms with van der Waals surface area (Å²) in [5.41, 5.74) is 0.851. The van der Waals surface area contributed by atoms with Crippen LogP contribution in [-0.2, 0) is 4.79 Å². The van der Waals surface area contributed by atoms with Crippen LogP contribution in [0, 0.1) is 11.8 Å². The molecule has 1 heterocycles. The lowest BCUT2D eigenvalue weighted by atomic mass is 9.84. The van der Waals surface area contributed by atoms with Crippen LogP contribution in [-0.4, -0.2) is 18.0 Å². The minimum atomic E-state index is 0.168. The number of ketones is 1. The van der Waals surface area contributed by atoms with Crippen LogP contribution >= 0.6 is 0 Å². The third kappa shape index (κ3) is 2.43. The van der Waals surface area contributed by atoms with Gasteiger partial charge < -0.3 is 0 Å². The summed E-state index contributed by atoms with van der Waals surface area (Å²) >= 11 is 0. The molecule has 0 amide bonds. The van der Waals surface area contributed by atoms with Crippen molar-refractivity contribution in [1.29, 1.82) is 0 Å². The van der Waals surface area contributed by atoms with E-state index in [1.165, 1.54) is 0 Å². The van der Waals surface area contributed by atoms with Crippen molar-refractivity contribution in [3.63, 3.8) is 0 Å². The first kappa shape index (κ1) is 11.4. The lowest BCUT2D eigenvalue weighted by Crippen LogP contribution is -2.26. The van der Waals surface area contributed by atoms with E-state index in [1.807, 2.05) is 0 Å². The van der Waals surface area contributed by atoms with E-state index in [9.17, 15) is 4.79 Å². The van der Waals surface area contributed by atoms with E-state index in [0.717, 1.165) is 37.9 Å². The molecule has 0 N–H and O–H groups in total. The summed E-state index contributed by atoms with van der Waals surface area (Å²) in [7, 11) is 0. The number of carbonyl (C=O) groups excluding carboxylic acids is 1. The lowest BCUT2D eigenvalue weighted by Gasteiger charge is -2.19. The number of hydrogen-bond donors (Lipinski definition) is 0. The highest BCUT2D eigenvalue weighted by Crippen LogP contribution is 2.22. The summed E-state index contributed by atoms with van der Waals surface area (Å²) in [5.74, 6) is 1.00. The molecule has 1 atom stereocenters. The number of aliphatic imine (C=N–C) groups is 1. The normalized spacial score (nSPS) is 18.4. The van der Waals surface area contributed by atoms with Crippen molar-refractivity contribution < 1.29 is 4.79 Å². The van der Waals surface area contributed by atoms with Gasteiger partial charge in [-0.2, -0.15) is 0 Å². The van der Waals surface area contributed by atoms with Gasteiger partial charge in [-0.15, -0.1) is 0 Å². The third-order valence-electron chi connectivity index (χ3n) is 3.33. The summed E-state index contributed by atoms with van der Waals surface area (Å²) in [6, 6.07) is 0. The topological polar surface area (TPSA) is 29.4 Å². The number of hydrogen-bond acceptors (Lipinski definition) is 2. The first-order chi connectivity index (χ1) is 6.70. The van der Waals surface area contributed by atoms with Crippen molar-refractivity contribution in [3.8, 4) is 0 Å². The Morgan fingerprint density at radius 3 is 2.50 bits per heavy atom. The third-order valence-corrected chi connectivity index (χ3v) is 3.33. The molecular weight excluding hydrogens is 174 g/mol. The first-order valence-electron chi connectivity index (χ1n) is 5.78. The second-order valence-electron chi connectivity index (χ2n) is 4.16. The molecule has 1 aliphatic heterocycles. The monoisotopic (exact) mass is 195 g/mol. The van der Waals surface area contributed by atoms with Crippen LogP contribution in [0.25, 0.3) is 0 Å². The fourth-order valence-corrected chi connectivity index (χ4v) is 2.21. The van der Waals surface area contributed by atoms with Gasteiger partial charge in [0.1, 0.15) is 0 Å². The largest absolute Gasteiger partial charge is 0.293 e. The van der Waals surface area contributed by atoms with Gasteiger partial charge in [0.2, 0.25) is 0 Å². The summed E-state index contributed by atoms with van der Waals surface area (Å²) in [6.07, 6.45) is 4.16. The number of Topliss-reactive ketones (excluding diaryl/α,β-unsaturated/α-hetero) is 1. The Labute approximate surface area is 86.8 Å². The van der Waals surface area contributed by atoms with Crippen molar-refractivity contribution in [2.45, 2.75) is 46.5 Å². The van der Waals surface area contributed by atoms with Crippen LogP contribution in [0.5, 0.6) is 0 Å². The van der Waals surface area contributed by atoms with Crippen LogP contribution in [0.2, 0.25) is 0 Å². The molecule has 0 saturated carbocycles. The zero-order valence-corrected chi connectivity index (χ0v) is 9.55. The zero-order valence-electron chi connectivity index (χ0n) is 9.55. The molecule has 14 heavy (non-hydrogen) atoms. The van der Waals surface area contributed by atoms with Gasteiger partial charge >= 0.3 is 0 Å². The van der Waals surface area contributed by atoms with Gasteiger partial charge in [-0.25, -0.2) is 0 Å². The molecule has 0 radical (unpaired) electrons. The molecule has 0 fully saturated rings. The van der Waals surface area contributed by atoms with Crippen molar-refractivity contribution >= 4 is 11.5 Å². The van der Waals surface area contributed by atoms with E-state index in [1.54, 1.807) is 0 Å². The SMILES string of the molecule is CCC(CC)C(C)C(=O)C1=NCCC1. The summed E-state index contributed by atoms with van der Waals surface area (Å²) < 4.78 is 0. The van der Waals surface area contributed by atoms with Gasteiger partial charge in [0, 0.05) is 12.5 Å². The Kier molecular flexibility index (Phi) is 4.30. The van der Waals surface area contributed by atoms with Crippen molar-refractivity contribution in [2.75, 3.05) is 6.54 Å². The fourth-order valence-electron chi connectivity index (χ4n) is 2.21. The average molecular weight is 195 g/mol. The molecule has 0 aromatic rings. The molecule has 0 aromatic heterocycles. The van der Waals surface area contributed by atoms with Gasteiger partial charge in [0.25, 0.3) is 0 Å². The highest BCUT2D eigenvalue weighted by molar-refractivity contribution is 6.40. The quantitative estimate of drug-likeness (QED) is 0.663. The summed E-state index contributed by atoms with van der Waals surface area (Å²) in [6.45, 7) is 7.24. The molecular formula is C12H21NO. The van der Waals surface area contributed by atoms with Crippen LogP contribution < -0.4 is 0 Å². The van der Waals surface area contributed by atoms with Crippen molar-refractivity contribution in [1.82, 2.24) is 0 Å². The van der Waals surface area contributed by atoms with Crippen LogP contribution in [0.4, 0.5) is 0 Å². The smallest absolute Gasteiger partial charge is 0.179 e. The predicted octanol–water partition coefficient (Wildman–Crippen LogP) is 2.86. The van der Waals surface area contributed by atoms with Crippen molar-refractivity contribution in [2.24, 2.45) is 16.8 Å². The highest BCUT2D eigenvalue weighted by atomic mass is 16.1. The summed E-state index contributed by atoms with van der Waals surface area (Å²) in [5, 5.41) is 0. The number of carbonyl (C=O) groups is 1. The molecule has 0 aliphatic carbocycles. The van der Waals surface area contributed by atoms with E-state index < -0.39 is 0 Å². The molecule has 0 saturated heterocycles. The average Bonchev–Trinajstić information content (AvgIpc) is 2.71. The number of nitrogens with zero attached hydrogens (tertiary/aromatic N) is 1. The van der Waals surface area contributed by atoms with Gasteiger partial charge in [0.05, 0.1) is 5.71 Å². The van der Waals surface area contributed by atoms with Crippen LogP contribution in [0.15, 0.2) is 4.99 Å². The Morgan fingerprint density at radius 2 is 2.07 bits per heavy atom. The molecule has 1 aliphatic rings. The molecule has 1 unspecified atom stereocenters. The predicted molar refractivity (Wildman–Crippen MR) is 59.8 cm³/mol. The minimum absolute atomic E-state index is 0.168. The maximum atomic E-state index is 12.0. The lowest BCUT2D eigenvalue weighted by molar-refractivity contribution is -0.117. The maximum absolute atomic E-state index is 12.0. The van der Waals surface area contributed by atoms with Crippen LogP contribution in [0.1, 0.15) is 46.5 Å². The van der Waals surface area contributed by atoms with E-state index in [4.69, 9.17) is 0 Å². The van der Waals surface area contributed by atoms with E-state index >= 15 is 0 Å². The second-order valence-corrected chi connectivity index (χ2v) is 4.16. The molecule has 0 aromatic carbocycles. The molecule has 1 rings (SSSR count). The van der Waals surface area contributed by atoms with E-state index in [-0.39, 0.29) is 5.92 Å². The maximum Gasteiger partial charge on any atom is 0.179 e. The van der Waals surface area contributed by atoms with E-state index in [2.05, 4.69) is 25.8 Å². The highest BCUT2D eigenvalue weighted by Gasteiger charge is 2.25. The van der Waals surface area contributed by atoms with Crippen LogP contribution in [0.3, 0.4) is 0 Å². The fraction of sp³-hybridized carbons (Fsp3) is 0.833. The Balaban J connectivity index is 2.58. The molecule has 2 heteroatoms. The van der Waals surface area contributed by atoms with Gasteiger partial charge in [0.15, 0.2) is 5.78 Å². The Morgan fingerprint density at radius 1 is 1.43 bits per heavy atom. The molecule has 0 bridgehead atoms. The zero-order chi connectivity index (χ0) is 10.6. The summed E-state index contributed by atoms with van der Waals surface area (Å²) in [4.78, 5) is 16.2. The van der Waals surface area contributed by atoms with Gasteiger partial charge in [-0.1, -0.05) is 33.6 Å². The standard InChI is InChI=1S/C12H21NO/c1-4-10(5-2)9(3)12(14)11-7-6-8-13-11/h9-10H,4-8H2,1-3H3. The Hall–Kier alpha value is -0.660. The molecule has 0 spiro atoms. The minimum Gasteiger partial charge on any atom is -0.293 e. The molecule has 2 nitrogen and oxygen atoms in total.